The first-order chi connectivity index (χ1) is 13.0. The molecular weight excluding hydrogens is 340 g/mol. The monoisotopic (exact) mass is 366 g/mol. The lowest BCUT2D eigenvalue weighted by Gasteiger charge is -2.31. The van der Waals surface area contributed by atoms with Crippen LogP contribution in [0.5, 0.6) is 0 Å². The number of piperidine rings is 1. The Kier molecular flexibility index (Phi) is 5.86. The largest absolute Gasteiger partial charge is 0.369 e. The average Bonchev–Trinajstić information content (AvgIpc) is 2.67. The third kappa shape index (κ3) is 4.52. The molecule has 27 heavy (non-hydrogen) atoms. The molecule has 1 aliphatic rings. The van der Waals surface area contributed by atoms with Crippen molar-refractivity contribution in [1.82, 2.24) is 14.8 Å². The molecule has 142 valence electrons. The zero-order chi connectivity index (χ0) is 19.4. The van der Waals surface area contributed by atoms with Crippen LogP contribution in [0.2, 0.25) is 0 Å². The molecule has 6 heteroatoms. The predicted octanol–water partition coefficient (Wildman–Crippen LogP) is 2.15. The number of primary amides is 1. The Morgan fingerprint density at radius 1 is 1.26 bits per heavy atom. The van der Waals surface area contributed by atoms with Gasteiger partial charge in [0.1, 0.15) is 5.69 Å². The summed E-state index contributed by atoms with van der Waals surface area (Å²) in [7, 11) is 4.05. The van der Waals surface area contributed by atoms with Crippen molar-refractivity contribution in [3.63, 3.8) is 0 Å². The highest BCUT2D eigenvalue weighted by Gasteiger charge is 2.29. The van der Waals surface area contributed by atoms with Gasteiger partial charge in [-0.05, 0) is 50.2 Å². The van der Waals surface area contributed by atoms with Crippen LogP contribution in [0.1, 0.15) is 28.9 Å². The number of carbonyl (C=O) groups is 2. The van der Waals surface area contributed by atoms with Gasteiger partial charge >= 0.3 is 0 Å². The lowest BCUT2D eigenvalue weighted by molar-refractivity contribution is -0.123. The van der Waals surface area contributed by atoms with Crippen LogP contribution in [0.4, 0.5) is 0 Å². The van der Waals surface area contributed by atoms with Gasteiger partial charge < -0.3 is 15.5 Å². The molecule has 0 spiro atoms. The third-order valence-electron chi connectivity index (χ3n) is 4.86. The van der Waals surface area contributed by atoms with Crippen molar-refractivity contribution >= 4 is 11.8 Å². The molecule has 1 atom stereocenters. The summed E-state index contributed by atoms with van der Waals surface area (Å²) < 4.78 is 0. The van der Waals surface area contributed by atoms with Crippen molar-refractivity contribution < 1.29 is 9.59 Å². The molecule has 2 N–H and O–H groups in total. The first-order valence-electron chi connectivity index (χ1n) is 9.23. The standard InChI is InChI=1S/C21H26N4O2/c1-24(2)13-15-6-3-7-16(12-15)18-9-4-10-23-19(18)21(27)25-11-5-8-17(14-25)20(22)26/h3-4,6-7,9-10,12,17H,5,8,11,13-14H2,1-2H3,(H2,22,26). The number of hydrogen-bond acceptors (Lipinski definition) is 4. The zero-order valence-electron chi connectivity index (χ0n) is 15.9. The number of nitrogens with two attached hydrogens (primary N) is 1. The molecular formula is C21H26N4O2. The summed E-state index contributed by atoms with van der Waals surface area (Å²) in [5, 5.41) is 0. The molecule has 2 aromatic rings. The van der Waals surface area contributed by atoms with Crippen LogP contribution in [0.15, 0.2) is 42.6 Å². The van der Waals surface area contributed by atoms with Gasteiger partial charge in [0.05, 0.1) is 5.92 Å². The minimum Gasteiger partial charge on any atom is -0.369 e. The fourth-order valence-electron chi connectivity index (χ4n) is 3.55. The van der Waals surface area contributed by atoms with Gasteiger partial charge in [0.15, 0.2) is 0 Å². The van der Waals surface area contributed by atoms with Gasteiger partial charge in [-0.3, -0.25) is 14.6 Å². The lowest BCUT2D eigenvalue weighted by atomic mass is 9.96. The Labute approximate surface area is 160 Å². The maximum atomic E-state index is 13.1. The van der Waals surface area contributed by atoms with Gasteiger partial charge in [-0.15, -0.1) is 0 Å². The number of likely N-dealkylation sites (tertiary alicyclic amines) is 1. The van der Waals surface area contributed by atoms with Crippen LogP contribution in [-0.2, 0) is 11.3 Å². The SMILES string of the molecule is CN(C)Cc1cccc(-c2cccnc2C(=O)N2CCCC(C(N)=O)C2)c1. The van der Waals surface area contributed by atoms with Crippen LogP contribution in [0, 0.1) is 5.92 Å². The molecule has 0 radical (unpaired) electrons. The highest BCUT2D eigenvalue weighted by Crippen LogP contribution is 2.26. The zero-order valence-corrected chi connectivity index (χ0v) is 15.9. The van der Waals surface area contributed by atoms with E-state index in [1.807, 2.05) is 38.4 Å². The van der Waals surface area contributed by atoms with Crippen LogP contribution in [0.25, 0.3) is 11.1 Å². The van der Waals surface area contributed by atoms with E-state index in [0.29, 0.717) is 18.8 Å². The Morgan fingerprint density at radius 3 is 2.81 bits per heavy atom. The second-order valence-electron chi connectivity index (χ2n) is 7.33. The number of aromatic nitrogens is 1. The summed E-state index contributed by atoms with van der Waals surface area (Å²) in [6.45, 7) is 1.81. The molecule has 1 unspecified atom stereocenters. The van der Waals surface area contributed by atoms with Crippen LogP contribution in [0.3, 0.4) is 0 Å². The van der Waals surface area contributed by atoms with E-state index in [2.05, 4.69) is 22.0 Å². The Balaban J connectivity index is 1.90. The van der Waals surface area contributed by atoms with Crippen LogP contribution >= 0.6 is 0 Å². The normalized spacial score (nSPS) is 17.1. The van der Waals surface area contributed by atoms with E-state index in [-0.39, 0.29) is 17.7 Å². The number of rotatable bonds is 5. The second-order valence-corrected chi connectivity index (χ2v) is 7.33. The Bertz CT molecular complexity index is 834. The van der Waals surface area contributed by atoms with Gasteiger partial charge in [0.2, 0.25) is 5.91 Å². The first kappa shape index (κ1) is 19.0. The average molecular weight is 366 g/mol. The number of amides is 2. The number of nitrogens with zero attached hydrogens (tertiary/aromatic N) is 3. The van der Waals surface area contributed by atoms with E-state index in [0.717, 1.165) is 30.5 Å². The molecule has 1 aromatic carbocycles. The molecule has 0 aliphatic carbocycles. The summed E-state index contributed by atoms with van der Waals surface area (Å²) >= 11 is 0. The number of carbonyl (C=O) groups excluding carboxylic acids is 2. The molecule has 2 amide bonds. The van der Waals surface area contributed by atoms with E-state index in [4.69, 9.17) is 5.73 Å². The summed E-state index contributed by atoms with van der Waals surface area (Å²) in [6, 6.07) is 11.9. The summed E-state index contributed by atoms with van der Waals surface area (Å²) in [5.41, 5.74) is 8.82. The van der Waals surface area contributed by atoms with Crippen molar-refractivity contribution in [3.8, 4) is 11.1 Å². The van der Waals surface area contributed by atoms with Gasteiger partial charge in [-0.2, -0.15) is 0 Å². The van der Waals surface area contributed by atoms with E-state index < -0.39 is 0 Å². The molecule has 2 heterocycles. The molecule has 6 nitrogen and oxygen atoms in total. The van der Waals surface area contributed by atoms with Crippen molar-refractivity contribution in [2.45, 2.75) is 19.4 Å². The van der Waals surface area contributed by atoms with E-state index in [9.17, 15) is 9.59 Å². The molecule has 1 fully saturated rings. The molecule has 1 saturated heterocycles. The van der Waals surface area contributed by atoms with Crippen LogP contribution < -0.4 is 5.73 Å². The van der Waals surface area contributed by atoms with Gasteiger partial charge in [-0.25, -0.2) is 0 Å². The third-order valence-corrected chi connectivity index (χ3v) is 4.86. The molecule has 0 bridgehead atoms. The Hall–Kier alpha value is -2.73. The van der Waals surface area contributed by atoms with Crippen molar-refractivity contribution in [1.29, 1.82) is 0 Å². The number of pyridine rings is 1. The van der Waals surface area contributed by atoms with E-state index in [1.54, 1.807) is 11.1 Å². The topological polar surface area (TPSA) is 79.5 Å². The minimum absolute atomic E-state index is 0.144. The quantitative estimate of drug-likeness (QED) is 0.879. The summed E-state index contributed by atoms with van der Waals surface area (Å²) in [6.07, 6.45) is 3.15. The van der Waals surface area contributed by atoms with Crippen molar-refractivity contribution in [2.75, 3.05) is 27.2 Å². The fraction of sp³-hybridized carbons (Fsp3) is 0.381. The maximum Gasteiger partial charge on any atom is 0.273 e. The second kappa shape index (κ2) is 8.31. The van der Waals surface area contributed by atoms with E-state index >= 15 is 0 Å². The van der Waals surface area contributed by atoms with Crippen LogP contribution in [-0.4, -0.2) is 53.8 Å². The van der Waals surface area contributed by atoms with E-state index in [1.165, 1.54) is 5.56 Å². The number of benzene rings is 1. The molecule has 0 saturated carbocycles. The smallest absolute Gasteiger partial charge is 0.273 e. The summed E-state index contributed by atoms with van der Waals surface area (Å²) in [4.78, 5) is 32.8. The first-order valence-corrected chi connectivity index (χ1v) is 9.23. The molecule has 1 aliphatic heterocycles. The van der Waals surface area contributed by atoms with Crippen molar-refractivity contribution in [3.05, 3.63) is 53.9 Å². The highest BCUT2D eigenvalue weighted by atomic mass is 16.2. The minimum atomic E-state index is -0.342. The van der Waals surface area contributed by atoms with Gasteiger partial charge in [0.25, 0.3) is 5.91 Å². The summed E-state index contributed by atoms with van der Waals surface area (Å²) in [5.74, 6) is -0.766. The van der Waals surface area contributed by atoms with Crippen molar-refractivity contribution in [2.24, 2.45) is 11.7 Å². The maximum absolute atomic E-state index is 13.1. The highest BCUT2D eigenvalue weighted by molar-refractivity contribution is 5.99. The Morgan fingerprint density at radius 2 is 2.07 bits per heavy atom. The van der Waals surface area contributed by atoms with Gasteiger partial charge in [-0.1, -0.05) is 24.3 Å². The molecule has 3 rings (SSSR count). The lowest BCUT2D eigenvalue weighted by Crippen LogP contribution is -2.44. The fourth-order valence-corrected chi connectivity index (χ4v) is 3.55. The van der Waals surface area contributed by atoms with Gasteiger partial charge in [0, 0.05) is 31.4 Å². The number of hydrogen-bond donors (Lipinski definition) is 1. The molecule has 1 aromatic heterocycles. The predicted molar refractivity (Wildman–Crippen MR) is 105 cm³/mol.